The summed E-state index contributed by atoms with van der Waals surface area (Å²) in [4.78, 5) is 48.2. The zero-order valence-corrected chi connectivity index (χ0v) is 22.2. The second kappa shape index (κ2) is 11.0. The third-order valence-electron chi connectivity index (χ3n) is 6.92. The van der Waals surface area contributed by atoms with Crippen LogP contribution in [0.2, 0.25) is 0 Å². The molecule has 2 aliphatic rings. The number of nitrogens with zero attached hydrogens (tertiary/aromatic N) is 4. The molecule has 3 amide bonds. The first-order chi connectivity index (χ1) is 18.1. The minimum Gasteiger partial charge on any atom is -0.476 e. The smallest absolute Gasteiger partial charge is 0.259 e. The van der Waals surface area contributed by atoms with Crippen molar-refractivity contribution in [2.24, 2.45) is 0 Å². The average molecular weight is 530 g/mol. The molecular weight excluding hydrogens is 494 g/mol. The van der Waals surface area contributed by atoms with Gasteiger partial charge in [0.1, 0.15) is 23.5 Å². The number of aromatic nitrogens is 1. The lowest BCUT2D eigenvalue weighted by atomic mass is 9.88. The lowest BCUT2D eigenvalue weighted by molar-refractivity contribution is -0.129. The molecule has 12 nitrogen and oxygen atoms in total. The number of carbonyl (C=O) groups excluding carboxylic acids is 3. The van der Waals surface area contributed by atoms with Gasteiger partial charge in [-0.3, -0.25) is 14.4 Å². The van der Waals surface area contributed by atoms with Crippen molar-refractivity contribution in [1.82, 2.24) is 14.8 Å². The van der Waals surface area contributed by atoms with Crippen molar-refractivity contribution in [3.8, 4) is 5.88 Å². The van der Waals surface area contributed by atoms with Gasteiger partial charge in [0.2, 0.25) is 11.8 Å². The number of furan rings is 1. The van der Waals surface area contributed by atoms with Crippen molar-refractivity contribution < 1.29 is 33.8 Å². The van der Waals surface area contributed by atoms with Gasteiger partial charge in [-0.25, -0.2) is 0 Å². The highest BCUT2D eigenvalue weighted by molar-refractivity contribution is 6.13. The van der Waals surface area contributed by atoms with Crippen molar-refractivity contribution in [3.05, 3.63) is 35.3 Å². The molecular formula is C26H35N5O7. The molecule has 3 N–H and O–H groups in total. The van der Waals surface area contributed by atoms with Crippen molar-refractivity contribution in [3.63, 3.8) is 0 Å². The number of piperazine rings is 1. The van der Waals surface area contributed by atoms with Crippen LogP contribution < -0.4 is 15.0 Å². The molecule has 2 aromatic heterocycles. The van der Waals surface area contributed by atoms with Crippen LogP contribution in [0, 0.1) is 0 Å². The van der Waals surface area contributed by atoms with E-state index in [-0.39, 0.29) is 29.5 Å². The molecule has 1 saturated heterocycles. The number of fused-ring (bicyclic) bond motifs is 1. The van der Waals surface area contributed by atoms with E-state index in [1.165, 1.54) is 11.2 Å². The van der Waals surface area contributed by atoms with Crippen LogP contribution in [0.4, 0.5) is 11.5 Å². The number of aliphatic hydroxyl groups is 2. The van der Waals surface area contributed by atoms with Crippen LogP contribution in [0.25, 0.3) is 0 Å². The van der Waals surface area contributed by atoms with Gasteiger partial charge in [-0.15, -0.1) is 0 Å². The first-order valence-electron chi connectivity index (χ1n) is 12.7. The predicted molar refractivity (Wildman–Crippen MR) is 138 cm³/mol. The van der Waals surface area contributed by atoms with E-state index >= 15 is 0 Å². The van der Waals surface area contributed by atoms with Gasteiger partial charge in [0.05, 0.1) is 30.4 Å². The van der Waals surface area contributed by atoms with E-state index in [4.69, 9.17) is 9.15 Å². The van der Waals surface area contributed by atoms with E-state index in [9.17, 15) is 24.6 Å². The number of pyridine rings is 1. The van der Waals surface area contributed by atoms with Crippen LogP contribution in [0.15, 0.2) is 22.8 Å². The van der Waals surface area contributed by atoms with E-state index in [1.807, 2.05) is 20.8 Å². The molecule has 0 spiro atoms. The number of rotatable bonds is 8. The van der Waals surface area contributed by atoms with Gasteiger partial charge in [0.15, 0.2) is 0 Å². The Morgan fingerprint density at radius 3 is 2.58 bits per heavy atom. The fourth-order valence-electron chi connectivity index (χ4n) is 4.82. The minimum absolute atomic E-state index is 0.0434. The fraction of sp³-hybridized carbons (Fsp3) is 0.538. The fourth-order valence-corrected chi connectivity index (χ4v) is 4.82. The van der Waals surface area contributed by atoms with Crippen LogP contribution in [-0.2, 0) is 11.2 Å². The maximum absolute atomic E-state index is 13.4. The van der Waals surface area contributed by atoms with Crippen LogP contribution in [0.5, 0.6) is 5.88 Å². The monoisotopic (exact) mass is 529 g/mol. The van der Waals surface area contributed by atoms with Gasteiger partial charge in [0.25, 0.3) is 11.8 Å². The minimum atomic E-state index is -1.10. The molecule has 0 saturated carbocycles. The highest BCUT2D eigenvalue weighted by Gasteiger charge is 2.43. The second-order valence-electron chi connectivity index (χ2n) is 10.1. The summed E-state index contributed by atoms with van der Waals surface area (Å²) in [5.41, 5.74) is -0.133. The lowest BCUT2D eigenvalue weighted by Crippen LogP contribution is -2.55. The van der Waals surface area contributed by atoms with Gasteiger partial charge >= 0.3 is 0 Å². The second-order valence-corrected chi connectivity index (χ2v) is 10.1. The quantitative estimate of drug-likeness (QED) is 0.457. The third-order valence-corrected chi connectivity index (χ3v) is 6.92. The molecule has 4 rings (SSSR count). The Morgan fingerprint density at radius 1 is 1.24 bits per heavy atom. The summed E-state index contributed by atoms with van der Waals surface area (Å²) in [6.45, 7) is 9.27. The summed E-state index contributed by atoms with van der Waals surface area (Å²) < 4.78 is 11.3. The molecule has 12 heteroatoms. The number of hydrogen-bond donors (Lipinski definition) is 3. The largest absolute Gasteiger partial charge is 0.476 e. The average Bonchev–Trinajstić information content (AvgIpc) is 3.30. The normalized spacial score (nSPS) is 17.7. The molecule has 206 valence electrons. The highest BCUT2D eigenvalue weighted by atomic mass is 16.5. The molecule has 0 aliphatic carbocycles. The highest BCUT2D eigenvalue weighted by Crippen LogP contribution is 2.35. The summed E-state index contributed by atoms with van der Waals surface area (Å²) in [5, 5.41) is 22.1. The number of ether oxygens (including phenoxy) is 1. The number of β-amino-alcohol motifs (C(OH)–C–C–N with tert-alkyl or cyclic N) is 1. The van der Waals surface area contributed by atoms with Crippen LogP contribution in [0.1, 0.15) is 54.2 Å². The van der Waals surface area contributed by atoms with Crippen molar-refractivity contribution in [2.45, 2.75) is 45.8 Å². The van der Waals surface area contributed by atoms with E-state index in [1.54, 1.807) is 24.0 Å². The van der Waals surface area contributed by atoms with E-state index in [0.29, 0.717) is 56.5 Å². The zero-order valence-electron chi connectivity index (χ0n) is 22.2. The third kappa shape index (κ3) is 5.46. The number of nitrogens with one attached hydrogen (secondary N) is 1. The van der Waals surface area contributed by atoms with Crippen LogP contribution in [0.3, 0.4) is 0 Å². The molecule has 0 radical (unpaired) electrons. The van der Waals surface area contributed by atoms with Gasteiger partial charge < -0.3 is 39.4 Å². The maximum atomic E-state index is 13.4. The number of carbonyl (C=O) groups is 3. The van der Waals surface area contributed by atoms with Gasteiger partial charge in [-0.2, -0.15) is 4.98 Å². The van der Waals surface area contributed by atoms with Crippen LogP contribution in [-0.4, -0.2) is 100 Å². The van der Waals surface area contributed by atoms with E-state index in [2.05, 4.69) is 15.2 Å². The standard InChI is InChI=1S/C26H35N5O7/c1-5-37-24-19(6-7-21(28-24)30-10-8-29(9-11-30)16(2)33)27-23(35)18-15-38-20-12-26(3,4)31(13-17(34)14-32)25(36)22(18)20/h6-7,15,17,32,34H,5,8-14H2,1-4H3,(H,27,35). The molecule has 4 heterocycles. The Hall–Kier alpha value is -3.64. The zero-order chi connectivity index (χ0) is 27.6. The molecule has 1 fully saturated rings. The van der Waals surface area contributed by atoms with Gasteiger partial charge in [-0.05, 0) is 32.9 Å². The molecule has 0 aromatic carbocycles. The number of aliphatic hydroxyl groups excluding tert-OH is 2. The topological polar surface area (TPSA) is 149 Å². The summed E-state index contributed by atoms with van der Waals surface area (Å²) in [7, 11) is 0. The first-order valence-corrected chi connectivity index (χ1v) is 12.7. The number of hydrogen-bond acceptors (Lipinski definition) is 9. The Labute approximate surface area is 221 Å². The summed E-state index contributed by atoms with van der Waals surface area (Å²) in [5.74, 6) is 0.336. The van der Waals surface area contributed by atoms with Crippen LogP contribution >= 0.6 is 0 Å². The molecule has 2 aliphatic heterocycles. The predicted octanol–water partition coefficient (Wildman–Crippen LogP) is 1.12. The molecule has 2 aromatic rings. The summed E-state index contributed by atoms with van der Waals surface area (Å²) in [6, 6.07) is 3.47. The van der Waals surface area contributed by atoms with Gasteiger partial charge in [-0.1, -0.05) is 0 Å². The Bertz CT molecular complexity index is 1200. The van der Waals surface area contributed by atoms with Gasteiger partial charge in [0, 0.05) is 51.6 Å². The summed E-state index contributed by atoms with van der Waals surface area (Å²) in [6.07, 6.45) is 0.501. The van der Waals surface area contributed by atoms with Crippen molar-refractivity contribution >= 4 is 29.2 Å². The molecule has 0 bridgehead atoms. The lowest BCUT2D eigenvalue weighted by Gasteiger charge is -2.42. The Balaban J connectivity index is 1.55. The van der Waals surface area contributed by atoms with E-state index < -0.39 is 30.1 Å². The number of amides is 3. The first kappa shape index (κ1) is 27.4. The van der Waals surface area contributed by atoms with Crippen molar-refractivity contribution in [1.29, 1.82) is 0 Å². The van der Waals surface area contributed by atoms with Crippen molar-refractivity contribution in [2.75, 3.05) is 56.2 Å². The summed E-state index contributed by atoms with van der Waals surface area (Å²) >= 11 is 0. The maximum Gasteiger partial charge on any atom is 0.259 e. The van der Waals surface area contributed by atoms with E-state index in [0.717, 1.165) is 0 Å². The molecule has 1 unspecified atom stereocenters. The SMILES string of the molecule is CCOc1nc(N2CCN(C(C)=O)CC2)ccc1NC(=O)c1coc2c1C(=O)N(CC(O)CO)C(C)(C)C2. The Kier molecular flexibility index (Phi) is 7.93. The Morgan fingerprint density at radius 2 is 1.95 bits per heavy atom. The molecule has 1 atom stereocenters. The number of anilines is 2. The molecule has 38 heavy (non-hydrogen) atoms.